The first-order valence-electron chi connectivity index (χ1n) is 9.31. The Balaban J connectivity index is 1.57. The van der Waals surface area contributed by atoms with Crippen molar-refractivity contribution in [1.29, 1.82) is 0 Å². The molecule has 0 aromatic heterocycles. The summed E-state index contributed by atoms with van der Waals surface area (Å²) >= 11 is 0. The summed E-state index contributed by atoms with van der Waals surface area (Å²) in [5, 5.41) is 10.1. The number of hydrogen-bond donors (Lipinski definition) is 3. The Kier molecular flexibility index (Phi) is 4.73. The van der Waals surface area contributed by atoms with Gasteiger partial charge in [0.2, 0.25) is 5.91 Å². The molecule has 1 aromatic rings. The van der Waals surface area contributed by atoms with E-state index in [4.69, 9.17) is 4.74 Å². The summed E-state index contributed by atoms with van der Waals surface area (Å²) in [4.78, 5) is 15.2. The van der Waals surface area contributed by atoms with E-state index in [-0.39, 0.29) is 35.3 Å². The number of methoxy groups -OCH3 is 1. The van der Waals surface area contributed by atoms with Gasteiger partial charge in [0.25, 0.3) is 0 Å². The maximum absolute atomic E-state index is 13.6. The maximum atomic E-state index is 13.6. The van der Waals surface area contributed by atoms with E-state index in [0.717, 1.165) is 18.4 Å². The van der Waals surface area contributed by atoms with Crippen LogP contribution in [0.5, 0.6) is 0 Å². The molecule has 5 atom stereocenters. The Morgan fingerprint density at radius 2 is 2.27 bits per heavy atom. The number of carbonyl (C=O) groups is 1. The molecule has 0 bridgehead atoms. The van der Waals surface area contributed by atoms with Crippen molar-refractivity contribution in [2.45, 2.75) is 49.5 Å². The number of carbonyl (C=O) groups excluding carboxylic acids is 1. The number of nitrogens with zero attached hydrogens (tertiary/aromatic N) is 1. The number of amides is 1. The van der Waals surface area contributed by atoms with Crippen molar-refractivity contribution in [3.8, 4) is 0 Å². The van der Waals surface area contributed by atoms with Crippen LogP contribution in [0.15, 0.2) is 24.3 Å². The van der Waals surface area contributed by atoms with Crippen molar-refractivity contribution in [3.63, 3.8) is 0 Å². The van der Waals surface area contributed by atoms with Crippen LogP contribution in [0.25, 0.3) is 0 Å². The standard InChI is InChI=1S/C19H26FN3O3/c1-26-19-6-5-14(24)10-16(19)23(8-7-19)18(25)15-11-21-22-17(15)12-3-2-4-13(20)9-12/h2-4,9,14-17,21-22,24H,5-8,10-11H2,1H3/t14-,15?,16+,17?,19-/m1/s1. The third kappa shape index (κ3) is 2.93. The lowest BCUT2D eigenvalue weighted by atomic mass is 9.79. The Labute approximate surface area is 152 Å². The number of fused-ring (bicyclic) bond motifs is 1. The predicted octanol–water partition coefficient (Wildman–Crippen LogP) is 1.12. The topological polar surface area (TPSA) is 73.8 Å². The number of hydrazine groups is 1. The minimum Gasteiger partial charge on any atom is -0.393 e. The SMILES string of the molecule is CO[C@@]12CC[C@@H](O)C[C@@H]1N(C(=O)C1CNNC1c1cccc(F)c1)CC2. The maximum Gasteiger partial charge on any atom is 0.229 e. The molecular weight excluding hydrogens is 337 g/mol. The zero-order valence-electron chi connectivity index (χ0n) is 15.0. The lowest BCUT2D eigenvalue weighted by Gasteiger charge is -2.43. The van der Waals surface area contributed by atoms with Gasteiger partial charge < -0.3 is 14.7 Å². The second kappa shape index (κ2) is 6.88. The highest BCUT2D eigenvalue weighted by Gasteiger charge is 2.53. The number of hydrogen-bond acceptors (Lipinski definition) is 5. The number of likely N-dealkylation sites (tertiary alicyclic amines) is 1. The first-order chi connectivity index (χ1) is 12.5. The quantitative estimate of drug-likeness (QED) is 0.751. The van der Waals surface area contributed by atoms with Gasteiger partial charge >= 0.3 is 0 Å². The van der Waals surface area contributed by atoms with E-state index in [1.165, 1.54) is 12.1 Å². The van der Waals surface area contributed by atoms with Gasteiger partial charge in [-0.2, -0.15) is 0 Å². The molecule has 4 rings (SSSR count). The number of benzene rings is 1. The predicted molar refractivity (Wildman–Crippen MR) is 93.5 cm³/mol. The van der Waals surface area contributed by atoms with Crippen LogP contribution in [0.3, 0.4) is 0 Å². The lowest BCUT2D eigenvalue weighted by molar-refractivity contribution is -0.143. The van der Waals surface area contributed by atoms with Crippen LogP contribution in [0.2, 0.25) is 0 Å². The highest BCUT2D eigenvalue weighted by atomic mass is 19.1. The van der Waals surface area contributed by atoms with E-state index in [2.05, 4.69) is 10.9 Å². The van der Waals surface area contributed by atoms with Gasteiger partial charge in [-0.05, 0) is 43.4 Å². The van der Waals surface area contributed by atoms with Crippen LogP contribution in [0, 0.1) is 11.7 Å². The van der Waals surface area contributed by atoms with Crippen molar-refractivity contribution in [2.75, 3.05) is 20.2 Å². The number of ether oxygens (including phenoxy) is 1. The fourth-order valence-corrected chi connectivity index (χ4v) is 4.90. The van der Waals surface area contributed by atoms with Crippen molar-refractivity contribution < 1.29 is 19.0 Å². The molecule has 1 saturated carbocycles. The molecule has 6 nitrogen and oxygen atoms in total. The number of nitrogens with one attached hydrogen (secondary N) is 2. The monoisotopic (exact) mass is 363 g/mol. The summed E-state index contributed by atoms with van der Waals surface area (Å²) in [6.45, 7) is 1.13. The lowest BCUT2D eigenvalue weighted by Crippen LogP contribution is -2.54. The molecule has 0 radical (unpaired) electrons. The van der Waals surface area contributed by atoms with Gasteiger partial charge in [-0.3, -0.25) is 10.2 Å². The molecule has 1 amide bonds. The second-order valence-electron chi connectivity index (χ2n) is 7.66. The molecule has 142 valence electrons. The fraction of sp³-hybridized carbons (Fsp3) is 0.632. The molecular formula is C19H26FN3O3. The number of aliphatic hydroxyl groups is 1. The van der Waals surface area contributed by atoms with Crippen LogP contribution in [-0.2, 0) is 9.53 Å². The van der Waals surface area contributed by atoms with Gasteiger partial charge in [0, 0.05) is 20.2 Å². The molecule has 7 heteroatoms. The van der Waals surface area contributed by atoms with Crippen LogP contribution in [-0.4, -0.2) is 53.9 Å². The molecule has 2 aliphatic heterocycles. The summed E-state index contributed by atoms with van der Waals surface area (Å²) in [7, 11) is 1.70. The Hall–Kier alpha value is -1.54. The molecule has 26 heavy (non-hydrogen) atoms. The average molecular weight is 363 g/mol. The van der Waals surface area contributed by atoms with Gasteiger partial charge in [-0.15, -0.1) is 0 Å². The first-order valence-corrected chi connectivity index (χ1v) is 9.31. The minimum atomic E-state index is -0.393. The zero-order valence-corrected chi connectivity index (χ0v) is 15.0. The van der Waals surface area contributed by atoms with Gasteiger partial charge in [0.15, 0.2) is 0 Å². The van der Waals surface area contributed by atoms with Crippen molar-refractivity contribution in [2.24, 2.45) is 5.92 Å². The number of aliphatic hydroxyl groups excluding tert-OH is 1. The van der Waals surface area contributed by atoms with Gasteiger partial charge in [-0.25, -0.2) is 9.82 Å². The normalized spacial score (nSPS) is 37.0. The van der Waals surface area contributed by atoms with Crippen LogP contribution >= 0.6 is 0 Å². The summed E-state index contributed by atoms with van der Waals surface area (Å²) < 4.78 is 19.5. The Morgan fingerprint density at radius 3 is 3.04 bits per heavy atom. The molecule has 1 aromatic carbocycles. The number of rotatable bonds is 3. The van der Waals surface area contributed by atoms with Gasteiger partial charge in [0.1, 0.15) is 5.82 Å². The third-order valence-corrected chi connectivity index (χ3v) is 6.35. The van der Waals surface area contributed by atoms with Crippen LogP contribution in [0.4, 0.5) is 4.39 Å². The summed E-state index contributed by atoms with van der Waals surface area (Å²) in [5.74, 6) is -0.587. The highest BCUT2D eigenvalue weighted by molar-refractivity contribution is 5.81. The molecule has 3 N–H and O–H groups in total. The van der Waals surface area contributed by atoms with Gasteiger partial charge in [0.05, 0.1) is 29.7 Å². The van der Waals surface area contributed by atoms with E-state index < -0.39 is 6.10 Å². The molecule has 2 saturated heterocycles. The average Bonchev–Trinajstić information content (AvgIpc) is 3.26. The third-order valence-electron chi connectivity index (χ3n) is 6.35. The van der Waals surface area contributed by atoms with E-state index in [1.807, 2.05) is 11.0 Å². The molecule has 3 fully saturated rings. The summed E-state index contributed by atoms with van der Waals surface area (Å²) in [6.07, 6.45) is 2.44. The van der Waals surface area contributed by atoms with E-state index >= 15 is 0 Å². The molecule has 0 spiro atoms. The molecule has 3 aliphatic rings. The summed E-state index contributed by atoms with van der Waals surface area (Å²) in [6, 6.07) is 6.00. The smallest absolute Gasteiger partial charge is 0.229 e. The van der Waals surface area contributed by atoms with Crippen LogP contribution < -0.4 is 10.9 Å². The van der Waals surface area contributed by atoms with Gasteiger partial charge in [-0.1, -0.05) is 12.1 Å². The Morgan fingerprint density at radius 1 is 1.42 bits per heavy atom. The van der Waals surface area contributed by atoms with E-state index in [0.29, 0.717) is 25.9 Å². The second-order valence-corrected chi connectivity index (χ2v) is 7.66. The van der Waals surface area contributed by atoms with Crippen molar-refractivity contribution in [1.82, 2.24) is 15.8 Å². The largest absolute Gasteiger partial charge is 0.393 e. The van der Waals surface area contributed by atoms with E-state index in [9.17, 15) is 14.3 Å². The first kappa shape index (κ1) is 17.9. The Bertz CT molecular complexity index is 688. The minimum absolute atomic E-state index is 0.0368. The number of halogens is 1. The van der Waals surface area contributed by atoms with Crippen LogP contribution in [0.1, 0.15) is 37.3 Å². The highest BCUT2D eigenvalue weighted by Crippen LogP contribution is 2.43. The van der Waals surface area contributed by atoms with Crippen molar-refractivity contribution in [3.05, 3.63) is 35.6 Å². The molecule has 2 heterocycles. The molecule has 2 unspecified atom stereocenters. The van der Waals surface area contributed by atoms with E-state index in [1.54, 1.807) is 13.2 Å². The van der Waals surface area contributed by atoms with Crippen molar-refractivity contribution >= 4 is 5.91 Å². The molecule has 1 aliphatic carbocycles. The summed E-state index contributed by atoms with van der Waals surface area (Å²) in [5.41, 5.74) is 6.58. The fourth-order valence-electron chi connectivity index (χ4n) is 4.90. The zero-order chi connectivity index (χ0) is 18.3.